The molecule has 3 fully saturated rings. The molecule has 1 aromatic heterocycles. The molecule has 0 spiro atoms. The summed E-state index contributed by atoms with van der Waals surface area (Å²) in [6.07, 6.45) is 6.16. The van der Waals surface area contributed by atoms with Crippen LogP contribution in [0.2, 0.25) is 0 Å². The van der Waals surface area contributed by atoms with Crippen LogP contribution in [0.5, 0.6) is 0 Å². The number of anilines is 1. The molecule has 1 atom stereocenters. The summed E-state index contributed by atoms with van der Waals surface area (Å²) >= 11 is 0. The second-order valence-electron chi connectivity index (χ2n) is 7.79. The number of amides is 1. The van der Waals surface area contributed by atoms with E-state index in [-0.39, 0.29) is 5.91 Å². The molecule has 2 N–H and O–H groups in total. The van der Waals surface area contributed by atoms with Gasteiger partial charge >= 0.3 is 0 Å². The molecule has 0 aromatic carbocycles. The third-order valence-electron chi connectivity index (χ3n) is 5.97. The summed E-state index contributed by atoms with van der Waals surface area (Å²) in [4.78, 5) is 21.8. The minimum Gasteiger partial charge on any atom is -0.379 e. The standard InChI is InChI=1S/C20H31N5O2/c26-20(25-8-5-18(6-9-25)24-10-12-27-13-11-24)16-3-4-19(22-14-16)23-17-2-1-7-21-15-17/h3-4,14,17-18,21H,1-2,5-13,15H2,(H,22,23)/t17-/m1/s1. The van der Waals surface area contributed by atoms with Gasteiger partial charge in [0.15, 0.2) is 0 Å². The molecule has 148 valence electrons. The van der Waals surface area contributed by atoms with Crippen molar-refractivity contribution in [3.8, 4) is 0 Å². The van der Waals surface area contributed by atoms with E-state index in [4.69, 9.17) is 4.74 Å². The number of aromatic nitrogens is 1. The van der Waals surface area contributed by atoms with Gasteiger partial charge in [-0.1, -0.05) is 0 Å². The van der Waals surface area contributed by atoms with Gasteiger partial charge in [0.2, 0.25) is 0 Å². The first kappa shape index (κ1) is 18.7. The van der Waals surface area contributed by atoms with Crippen LogP contribution in [-0.4, -0.2) is 85.3 Å². The molecule has 0 unspecified atom stereocenters. The molecular weight excluding hydrogens is 342 g/mol. The average Bonchev–Trinajstić information content (AvgIpc) is 2.75. The highest BCUT2D eigenvalue weighted by atomic mass is 16.5. The van der Waals surface area contributed by atoms with E-state index in [1.54, 1.807) is 6.20 Å². The van der Waals surface area contributed by atoms with Crippen LogP contribution in [-0.2, 0) is 4.74 Å². The first-order valence-corrected chi connectivity index (χ1v) is 10.3. The van der Waals surface area contributed by atoms with Gasteiger partial charge in [-0.3, -0.25) is 9.69 Å². The number of hydrogen-bond donors (Lipinski definition) is 2. The minimum absolute atomic E-state index is 0.105. The second kappa shape index (κ2) is 8.99. The third kappa shape index (κ3) is 4.78. The number of likely N-dealkylation sites (tertiary alicyclic amines) is 1. The van der Waals surface area contributed by atoms with Gasteiger partial charge in [-0.2, -0.15) is 0 Å². The maximum absolute atomic E-state index is 12.8. The van der Waals surface area contributed by atoms with Crippen LogP contribution < -0.4 is 10.6 Å². The Labute approximate surface area is 161 Å². The van der Waals surface area contributed by atoms with Crippen LogP contribution in [0.15, 0.2) is 18.3 Å². The van der Waals surface area contributed by atoms with Gasteiger partial charge in [0, 0.05) is 51.0 Å². The number of nitrogens with one attached hydrogen (secondary N) is 2. The van der Waals surface area contributed by atoms with Crippen LogP contribution in [0.3, 0.4) is 0 Å². The Hall–Kier alpha value is -1.70. The Morgan fingerprint density at radius 3 is 2.63 bits per heavy atom. The molecule has 1 amide bonds. The van der Waals surface area contributed by atoms with Gasteiger partial charge in [-0.25, -0.2) is 4.98 Å². The lowest BCUT2D eigenvalue weighted by Crippen LogP contribution is -2.50. The molecule has 4 heterocycles. The average molecular weight is 374 g/mol. The maximum atomic E-state index is 12.8. The van der Waals surface area contributed by atoms with E-state index in [9.17, 15) is 4.79 Å². The summed E-state index contributed by atoms with van der Waals surface area (Å²) in [5.41, 5.74) is 0.687. The van der Waals surface area contributed by atoms with Gasteiger partial charge in [0.05, 0.1) is 18.8 Å². The Kier molecular flexibility index (Phi) is 6.21. The molecule has 7 nitrogen and oxygen atoms in total. The fraction of sp³-hybridized carbons (Fsp3) is 0.700. The smallest absolute Gasteiger partial charge is 0.255 e. The van der Waals surface area contributed by atoms with Crippen LogP contribution in [0.25, 0.3) is 0 Å². The van der Waals surface area contributed by atoms with Gasteiger partial charge in [0.25, 0.3) is 5.91 Å². The third-order valence-corrected chi connectivity index (χ3v) is 5.97. The quantitative estimate of drug-likeness (QED) is 0.826. The van der Waals surface area contributed by atoms with E-state index < -0.39 is 0 Å². The van der Waals surface area contributed by atoms with Gasteiger partial charge < -0.3 is 20.3 Å². The highest BCUT2D eigenvalue weighted by Gasteiger charge is 2.28. The van der Waals surface area contributed by atoms with Crippen LogP contribution >= 0.6 is 0 Å². The summed E-state index contributed by atoms with van der Waals surface area (Å²) in [6.45, 7) is 7.44. The van der Waals surface area contributed by atoms with Crippen LogP contribution in [0.4, 0.5) is 5.82 Å². The molecule has 0 aliphatic carbocycles. The van der Waals surface area contributed by atoms with Gasteiger partial charge in [0.1, 0.15) is 5.82 Å². The lowest BCUT2D eigenvalue weighted by atomic mass is 10.0. The van der Waals surface area contributed by atoms with Crippen molar-refractivity contribution in [2.24, 2.45) is 0 Å². The van der Waals surface area contributed by atoms with Crippen LogP contribution in [0.1, 0.15) is 36.0 Å². The van der Waals surface area contributed by atoms with E-state index in [0.717, 1.165) is 77.6 Å². The normalized spacial score (nSPS) is 25.3. The van der Waals surface area contributed by atoms with E-state index in [2.05, 4.69) is 20.5 Å². The largest absolute Gasteiger partial charge is 0.379 e. The Morgan fingerprint density at radius 2 is 1.96 bits per heavy atom. The summed E-state index contributed by atoms with van der Waals surface area (Å²) < 4.78 is 5.44. The zero-order valence-electron chi connectivity index (χ0n) is 16.0. The highest BCUT2D eigenvalue weighted by Crippen LogP contribution is 2.20. The first-order valence-electron chi connectivity index (χ1n) is 10.3. The molecule has 3 aliphatic heterocycles. The molecular formula is C20H31N5O2. The Morgan fingerprint density at radius 1 is 1.15 bits per heavy atom. The molecule has 0 bridgehead atoms. The number of nitrogens with zero attached hydrogens (tertiary/aromatic N) is 3. The zero-order valence-corrected chi connectivity index (χ0v) is 16.0. The van der Waals surface area contributed by atoms with Crippen molar-refractivity contribution in [3.63, 3.8) is 0 Å². The fourth-order valence-electron chi connectivity index (χ4n) is 4.35. The number of pyridine rings is 1. The molecule has 4 rings (SSSR count). The van der Waals surface area contributed by atoms with Gasteiger partial charge in [-0.15, -0.1) is 0 Å². The number of carbonyl (C=O) groups is 1. The molecule has 1 aromatic rings. The maximum Gasteiger partial charge on any atom is 0.255 e. The number of piperidine rings is 2. The van der Waals surface area contributed by atoms with E-state index >= 15 is 0 Å². The van der Waals surface area contributed by atoms with Crippen molar-refractivity contribution >= 4 is 11.7 Å². The van der Waals surface area contributed by atoms with Crippen molar-refractivity contribution in [1.82, 2.24) is 20.1 Å². The van der Waals surface area contributed by atoms with Crippen molar-refractivity contribution < 1.29 is 9.53 Å². The van der Waals surface area contributed by atoms with Crippen LogP contribution in [0, 0.1) is 0 Å². The summed E-state index contributed by atoms with van der Waals surface area (Å²) in [5, 5.41) is 6.85. The molecule has 3 aliphatic rings. The molecule has 27 heavy (non-hydrogen) atoms. The molecule has 3 saturated heterocycles. The predicted octanol–water partition coefficient (Wildman–Crippen LogP) is 1.18. The lowest BCUT2D eigenvalue weighted by molar-refractivity contribution is 0.00158. The second-order valence-corrected chi connectivity index (χ2v) is 7.79. The van der Waals surface area contributed by atoms with Crippen molar-refractivity contribution in [2.45, 2.75) is 37.8 Å². The number of carbonyl (C=O) groups excluding carboxylic acids is 1. The monoisotopic (exact) mass is 373 g/mol. The van der Waals surface area contributed by atoms with Crippen molar-refractivity contribution in [2.75, 3.05) is 57.8 Å². The van der Waals surface area contributed by atoms with E-state index in [1.807, 2.05) is 17.0 Å². The number of hydrogen-bond acceptors (Lipinski definition) is 6. The van der Waals surface area contributed by atoms with E-state index in [0.29, 0.717) is 17.6 Å². The van der Waals surface area contributed by atoms with Crippen molar-refractivity contribution in [1.29, 1.82) is 0 Å². The Bertz CT molecular complexity index is 603. The summed E-state index contributed by atoms with van der Waals surface area (Å²) in [7, 11) is 0. The zero-order chi connectivity index (χ0) is 18.5. The highest BCUT2D eigenvalue weighted by molar-refractivity contribution is 5.94. The molecule has 0 saturated carbocycles. The predicted molar refractivity (Wildman–Crippen MR) is 105 cm³/mol. The number of ether oxygens (including phenoxy) is 1. The minimum atomic E-state index is 0.105. The first-order chi connectivity index (χ1) is 13.3. The fourth-order valence-corrected chi connectivity index (χ4v) is 4.35. The summed E-state index contributed by atoms with van der Waals surface area (Å²) in [5.74, 6) is 0.958. The lowest BCUT2D eigenvalue weighted by Gasteiger charge is -2.40. The number of rotatable bonds is 4. The van der Waals surface area contributed by atoms with Gasteiger partial charge in [-0.05, 0) is 44.4 Å². The number of morpholine rings is 1. The molecule has 7 heteroatoms. The topological polar surface area (TPSA) is 69.7 Å². The molecule has 0 radical (unpaired) electrons. The van der Waals surface area contributed by atoms with Crippen molar-refractivity contribution in [3.05, 3.63) is 23.9 Å². The Balaban J connectivity index is 1.28. The van der Waals surface area contributed by atoms with E-state index in [1.165, 1.54) is 6.42 Å². The SMILES string of the molecule is O=C(c1ccc(N[C@@H]2CCCNC2)nc1)N1CCC(N2CCOCC2)CC1. The summed E-state index contributed by atoms with van der Waals surface area (Å²) in [6, 6.07) is 4.85.